The Morgan fingerprint density at radius 1 is 1.21 bits per heavy atom. The van der Waals surface area contributed by atoms with Crippen LogP contribution in [-0.4, -0.2) is 6.04 Å². The largest absolute Gasteiger partial charge is 0.271 e. The van der Waals surface area contributed by atoms with Crippen LogP contribution in [0, 0.1) is 0 Å². The van der Waals surface area contributed by atoms with Crippen LogP contribution in [0.3, 0.4) is 0 Å². The van der Waals surface area contributed by atoms with Crippen LogP contribution in [0.25, 0.3) is 0 Å². The van der Waals surface area contributed by atoms with E-state index in [0.29, 0.717) is 12.0 Å². The first-order chi connectivity index (χ1) is 9.35. The van der Waals surface area contributed by atoms with Crippen molar-refractivity contribution in [3.8, 4) is 0 Å². The minimum atomic E-state index is 0.326. The molecule has 0 spiro atoms. The number of hydrogen-bond donors (Lipinski definition) is 2. The van der Waals surface area contributed by atoms with E-state index < -0.39 is 0 Å². The lowest BCUT2D eigenvalue weighted by molar-refractivity contribution is 0.406. The molecule has 2 atom stereocenters. The Hall–Kier alpha value is -1.16. The van der Waals surface area contributed by atoms with Gasteiger partial charge in [-0.1, -0.05) is 37.3 Å². The normalized spacial score (nSPS) is 14.2. The van der Waals surface area contributed by atoms with E-state index in [1.165, 1.54) is 11.1 Å². The van der Waals surface area contributed by atoms with Crippen LogP contribution in [0.4, 0.5) is 0 Å². The fraction of sp³-hybridized carbons (Fsp3) is 0.375. The first kappa shape index (κ1) is 14.3. The SMILES string of the molecule is CCC(c1ccccc1)C(CCc1ccsc1)NN. The maximum atomic E-state index is 5.78. The van der Waals surface area contributed by atoms with Crippen LogP contribution in [0.5, 0.6) is 0 Å². The molecule has 2 unspecified atom stereocenters. The minimum Gasteiger partial charge on any atom is -0.271 e. The van der Waals surface area contributed by atoms with Gasteiger partial charge in [0.1, 0.15) is 0 Å². The Bertz CT molecular complexity index is 453. The molecule has 0 saturated heterocycles. The molecule has 0 fully saturated rings. The van der Waals surface area contributed by atoms with E-state index in [1.807, 2.05) is 0 Å². The van der Waals surface area contributed by atoms with E-state index in [2.05, 4.69) is 59.5 Å². The van der Waals surface area contributed by atoms with E-state index >= 15 is 0 Å². The Morgan fingerprint density at radius 2 is 2.00 bits per heavy atom. The van der Waals surface area contributed by atoms with Gasteiger partial charge in [0.25, 0.3) is 0 Å². The van der Waals surface area contributed by atoms with Crippen LogP contribution >= 0.6 is 11.3 Å². The molecule has 1 heterocycles. The van der Waals surface area contributed by atoms with Gasteiger partial charge in [-0.2, -0.15) is 11.3 Å². The lowest BCUT2D eigenvalue weighted by Crippen LogP contribution is -2.40. The van der Waals surface area contributed by atoms with Gasteiger partial charge in [0.15, 0.2) is 0 Å². The molecule has 0 aliphatic rings. The third kappa shape index (κ3) is 3.90. The number of nitrogens with two attached hydrogens (primary N) is 1. The summed E-state index contributed by atoms with van der Waals surface area (Å²) < 4.78 is 0. The van der Waals surface area contributed by atoms with E-state index in [9.17, 15) is 0 Å². The van der Waals surface area contributed by atoms with Crippen molar-refractivity contribution in [2.45, 2.75) is 38.1 Å². The summed E-state index contributed by atoms with van der Waals surface area (Å²) in [5, 5.41) is 4.35. The molecule has 3 heteroatoms. The standard InChI is InChI=1S/C16H22N2S/c1-2-15(14-6-4-3-5-7-14)16(18-17)9-8-13-10-11-19-12-13/h3-7,10-12,15-16,18H,2,8-9,17H2,1H3. The van der Waals surface area contributed by atoms with Crippen molar-refractivity contribution in [2.24, 2.45) is 5.84 Å². The maximum Gasteiger partial charge on any atom is 0.0282 e. The van der Waals surface area contributed by atoms with Crippen molar-refractivity contribution in [3.05, 3.63) is 58.3 Å². The van der Waals surface area contributed by atoms with E-state index in [0.717, 1.165) is 19.3 Å². The molecule has 2 nitrogen and oxygen atoms in total. The predicted molar refractivity (Wildman–Crippen MR) is 83.2 cm³/mol. The lowest BCUT2D eigenvalue weighted by atomic mass is 9.86. The Balaban J connectivity index is 2.02. The average Bonchev–Trinajstić information content (AvgIpc) is 2.97. The third-order valence-electron chi connectivity index (χ3n) is 3.69. The van der Waals surface area contributed by atoms with Gasteiger partial charge in [0.05, 0.1) is 0 Å². The molecule has 19 heavy (non-hydrogen) atoms. The summed E-state index contributed by atoms with van der Waals surface area (Å²) in [6.45, 7) is 2.23. The number of rotatable bonds is 7. The zero-order valence-electron chi connectivity index (χ0n) is 11.4. The number of nitrogens with one attached hydrogen (secondary N) is 1. The summed E-state index contributed by atoms with van der Waals surface area (Å²) in [6.07, 6.45) is 3.25. The summed E-state index contributed by atoms with van der Waals surface area (Å²) in [4.78, 5) is 0. The first-order valence-electron chi connectivity index (χ1n) is 6.87. The summed E-state index contributed by atoms with van der Waals surface area (Å²) in [5.74, 6) is 6.26. The second-order valence-corrected chi connectivity index (χ2v) is 5.65. The van der Waals surface area contributed by atoms with Gasteiger partial charge < -0.3 is 0 Å². The second-order valence-electron chi connectivity index (χ2n) is 4.87. The highest BCUT2D eigenvalue weighted by Crippen LogP contribution is 2.25. The highest BCUT2D eigenvalue weighted by molar-refractivity contribution is 7.07. The average molecular weight is 274 g/mol. The number of thiophene rings is 1. The monoisotopic (exact) mass is 274 g/mol. The summed E-state index contributed by atoms with van der Waals surface area (Å²) >= 11 is 1.76. The van der Waals surface area contributed by atoms with Gasteiger partial charge in [0.2, 0.25) is 0 Å². The van der Waals surface area contributed by atoms with Crippen LogP contribution in [-0.2, 0) is 6.42 Å². The zero-order valence-corrected chi connectivity index (χ0v) is 12.2. The fourth-order valence-electron chi connectivity index (χ4n) is 2.61. The molecule has 0 saturated carbocycles. The molecular formula is C16H22N2S. The smallest absolute Gasteiger partial charge is 0.0282 e. The van der Waals surface area contributed by atoms with Gasteiger partial charge in [-0.05, 0) is 47.2 Å². The van der Waals surface area contributed by atoms with Gasteiger partial charge >= 0.3 is 0 Å². The summed E-state index contributed by atoms with van der Waals surface area (Å²) in [6, 6.07) is 13.2. The highest BCUT2D eigenvalue weighted by atomic mass is 32.1. The number of benzene rings is 1. The molecule has 0 aliphatic carbocycles. The third-order valence-corrected chi connectivity index (χ3v) is 4.42. The van der Waals surface area contributed by atoms with Crippen LogP contribution in [0.2, 0.25) is 0 Å². The second kappa shape index (κ2) is 7.43. The Labute approximate surface area is 119 Å². The minimum absolute atomic E-state index is 0.326. The van der Waals surface area contributed by atoms with Crippen molar-refractivity contribution < 1.29 is 0 Å². The van der Waals surface area contributed by atoms with Crippen LogP contribution in [0.15, 0.2) is 47.2 Å². The molecule has 1 aromatic carbocycles. The maximum absolute atomic E-state index is 5.78. The van der Waals surface area contributed by atoms with Crippen molar-refractivity contribution >= 4 is 11.3 Å². The topological polar surface area (TPSA) is 38.0 Å². The van der Waals surface area contributed by atoms with Crippen LogP contribution in [0.1, 0.15) is 36.8 Å². The van der Waals surface area contributed by atoms with Gasteiger partial charge in [0, 0.05) is 12.0 Å². The Morgan fingerprint density at radius 3 is 2.58 bits per heavy atom. The molecular weight excluding hydrogens is 252 g/mol. The number of hydrazine groups is 1. The molecule has 1 aromatic heterocycles. The molecule has 0 amide bonds. The Kier molecular flexibility index (Phi) is 5.58. The zero-order chi connectivity index (χ0) is 13.5. The summed E-state index contributed by atoms with van der Waals surface area (Å²) in [5.41, 5.74) is 5.80. The summed E-state index contributed by atoms with van der Waals surface area (Å²) in [7, 11) is 0. The van der Waals surface area contributed by atoms with E-state index in [4.69, 9.17) is 5.84 Å². The fourth-order valence-corrected chi connectivity index (χ4v) is 3.31. The predicted octanol–water partition coefficient (Wildman–Crippen LogP) is 3.71. The van der Waals surface area contributed by atoms with Gasteiger partial charge in [-0.15, -0.1) is 0 Å². The molecule has 2 aromatic rings. The van der Waals surface area contributed by atoms with E-state index in [-0.39, 0.29) is 0 Å². The lowest BCUT2D eigenvalue weighted by Gasteiger charge is -2.26. The van der Waals surface area contributed by atoms with Crippen molar-refractivity contribution in [1.29, 1.82) is 0 Å². The number of hydrogen-bond acceptors (Lipinski definition) is 3. The van der Waals surface area contributed by atoms with Gasteiger partial charge in [-0.3, -0.25) is 11.3 Å². The molecule has 0 aliphatic heterocycles. The van der Waals surface area contributed by atoms with Crippen LogP contribution < -0.4 is 11.3 Å². The molecule has 102 valence electrons. The number of aryl methyl sites for hydroxylation is 1. The molecule has 0 radical (unpaired) electrons. The first-order valence-corrected chi connectivity index (χ1v) is 7.81. The van der Waals surface area contributed by atoms with E-state index in [1.54, 1.807) is 11.3 Å². The molecule has 3 N–H and O–H groups in total. The highest BCUT2D eigenvalue weighted by Gasteiger charge is 2.20. The molecule has 0 bridgehead atoms. The van der Waals surface area contributed by atoms with Gasteiger partial charge in [-0.25, -0.2) is 0 Å². The van der Waals surface area contributed by atoms with Crippen molar-refractivity contribution in [2.75, 3.05) is 0 Å². The van der Waals surface area contributed by atoms with Crippen molar-refractivity contribution in [3.63, 3.8) is 0 Å². The molecule has 2 rings (SSSR count). The quantitative estimate of drug-likeness (QED) is 0.597. The van der Waals surface area contributed by atoms with Crippen molar-refractivity contribution in [1.82, 2.24) is 5.43 Å².